The molecular weight excluding hydrogens is 200 g/mol. The van der Waals surface area contributed by atoms with E-state index in [4.69, 9.17) is 18.0 Å². The lowest BCUT2D eigenvalue weighted by Crippen LogP contribution is -2.35. The van der Waals surface area contributed by atoms with Crippen LogP contribution in [0.4, 0.5) is 0 Å². The maximum Gasteiger partial charge on any atom is 0.224 e. The van der Waals surface area contributed by atoms with Crippen LogP contribution in [0.1, 0.15) is 19.7 Å². The SMILES string of the molecule is Cc1n[nH]c(=S)n1CC(C)(C)C(N)=O. The Bertz CT molecular complexity index is 404. The van der Waals surface area contributed by atoms with Gasteiger partial charge in [0.25, 0.3) is 0 Å². The number of carbonyl (C=O) groups excluding carboxylic acids is 1. The normalized spacial score (nSPS) is 11.6. The van der Waals surface area contributed by atoms with Crippen molar-refractivity contribution >= 4 is 18.1 Å². The van der Waals surface area contributed by atoms with E-state index >= 15 is 0 Å². The quantitative estimate of drug-likeness (QED) is 0.729. The molecule has 0 fully saturated rings. The first-order valence-corrected chi connectivity index (χ1v) is 4.67. The number of nitrogens with zero attached hydrogens (tertiary/aromatic N) is 2. The van der Waals surface area contributed by atoms with Crippen LogP contribution in [0.5, 0.6) is 0 Å². The van der Waals surface area contributed by atoms with Gasteiger partial charge in [-0.25, -0.2) is 0 Å². The zero-order chi connectivity index (χ0) is 10.9. The Balaban J connectivity index is 3.00. The van der Waals surface area contributed by atoms with Crippen LogP contribution >= 0.6 is 12.2 Å². The van der Waals surface area contributed by atoms with Crippen LogP contribution in [0, 0.1) is 17.1 Å². The van der Waals surface area contributed by atoms with Crippen LogP contribution in [0.25, 0.3) is 0 Å². The van der Waals surface area contributed by atoms with Gasteiger partial charge in [-0.2, -0.15) is 5.10 Å². The molecule has 78 valence electrons. The van der Waals surface area contributed by atoms with Gasteiger partial charge in [0.15, 0.2) is 4.77 Å². The van der Waals surface area contributed by atoms with Gasteiger partial charge in [-0.15, -0.1) is 0 Å². The van der Waals surface area contributed by atoms with E-state index in [-0.39, 0.29) is 5.91 Å². The van der Waals surface area contributed by atoms with E-state index in [1.165, 1.54) is 0 Å². The Kier molecular flexibility index (Phi) is 2.75. The molecule has 3 N–H and O–H groups in total. The van der Waals surface area contributed by atoms with Crippen molar-refractivity contribution in [1.82, 2.24) is 14.8 Å². The average Bonchev–Trinajstić information content (AvgIpc) is 2.35. The Morgan fingerprint density at radius 3 is 2.64 bits per heavy atom. The topological polar surface area (TPSA) is 76.7 Å². The molecule has 1 rings (SSSR count). The van der Waals surface area contributed by atoms with Crippen molar-refractivity contribution in [1.29, 1.82) is 0 Å². The average molecular weight is 214 g/mol. The number of rotatable bonds is 3. The number of nitrogens with one attached hydrogen (secondary N) is 1. The van der Waals surface area contributed by atoms with Gasteiger partial charge in [0.1, 0.15) is 5.82 Å². The monoisotopic (exact) mass is 214 g/mol. The zero-order valence-corrected chi connectivity index (χ0v) is 9.31. The molecule has 0 saturated heterocycles. The summed E-state index contributed by atoms with van der Waals surface area (Å²) in [6.45, 7) is 5.83. The van der Waals surface area contributed by atoms with Gasteiger partial charge in [0.05, 0.1) is 5.41 Å². The fourth-order valence-electron chi connectivity index (χ4n) is 1.06. The fourth-order valence-corrected chi connectivity index (χ4v) is 1.30. The summed E-state index contributed by atoms with van der Waals surface area (Å²) in [6, 6.07) is 0. The van der Waals surface area contributed by atoms with E-state index in [1.54, 1.807) is 18.4 Å². The second-order valence-electron chi connectivity index (χ2n) is 3.91. The summed E-state index contributed by atoms with van der Waals surface area (Å²) in [5.41, 5.74) is 4.65. The van der Waals surface area contributed by atoms with Gasteiger partial charge in [-0.3, -0.25) is 9.89 Å². The van der Waals surface area contributed by atoms with E-state index in [0.717, 1.165) is 5.82 Å². The van der Waals surface area contributed by atoms with Crippen molar-refractivity contribution < 1.29 is 4.79 Å². The molecule has 1 aromatic rings. The Labute approximate surface area is 87.3 Å². The molecule has 1 amide bonds. The number of hydrogen-bond acceptors (Lipinski definition) is 3. The van der Waals surface area contributed by atoms with E-state index < -0.39 is 5.41 Å². The van der Waals surface area contributed by atoms with Gasteiger partial charge in [-0.05, 0) is 33.0 Å². The molecule has 0 unspecified atom stereocenters. The molecule has 1 aromatic heterocycles. The van der Waals surface area contributed by atoms with Crippen LogP contribution in [-0.2, 0) is 11.3 Å². The minimum Gasteiger partial charge on any atom is -0.369 e. The summed E-state index contributed by atoms with van der Waals surface area (Å²) >= 11 is 5.02. The van der Waals surface area contributed by atoms with Crippen molar-refractivity contribution in [3.8, 4) is 0 Å². The van der Waals surface area contributed by atoms with Crippen molar-refractivity contribution in [2.75, 3.05) is 0 Å². The predicted octanol–water partition coefficient (Wildman–Crippen LogP) is 0.761. The van der Waals surface area contributed by atoms with Gasteiger partial charge in [0, 0.05) is 6.54 Å². The number of aryl methyl sites for hydroxylation is 1. The van der Waals surface area contributed by atoms with Crippen LogP contribution < -0.4 is 5.73 Å². The molecule has 14 heavy (non-hydrogen) atoms. The number of carbonyl (C=O) groups is 1. The summed E-state index contributed by atoms with van der Waals surface area (Å²) in [5.74, 6) is 0.407. The lowest BCUT2D eigenvalue weighted by molar-refractivity contribution is -0.126. The minimum atomic E-state index is -0.618. The predicted molar refractivity (Wildman–Crippen MR) is 55.1 cm³/mol. The number of nitrogens with two attached hydrogens (primary N) is 1. The van der Waals surface area contributed by atoms with Gasteiger partial charge >= 0.3 is 0 Å². The standard InChI is InChI=1S/C8H14N4OS/c1-5-10-11-7(14)12(5)4-8(2,3)6(9)13/h4H2,1-3H3,(H2,9,13)(H,11,14). The Morgan fingerprint density at radius 1 is 1.71 bits per heavy atom. The molecule has 5 nitrogen and oxygen atoms in total. The summed E-state index contributed by atoms with van der Waals surface area (Å²) in [7, 11) is 0. The highest BCUT2D eigenvalue weighted by Gasteiger charge is 2.26. The lowest BCUT2D eigenvalue weighted by Gasteiger charge is -2.20. The molecule has 0 bridgehead atoms. The second-order valence-corrected chi connectivity index (χ2v) is 4.30. The van der Waals surface area contributed by atoms with E-state index in [0.29, 0.717) is 11.3 Å². The molecule has 0 aliphatic carbocycles. The van der Waals surface area contributed by atoms with Crippen molar-refractivity contribution in [2.45, 2.75) is 27.3 Å². The molecule has 0 saturated carbocycles. The largest absolute Gasteiger partial charge is 0.369 e. The van der Waals surface area contributed by atoms with Crippen LogP contribution in [0.15, 0.2) is 0 Å². The van der Waals surface area contributed by atoms with Gasteiger partial charge in [-0.1, -0.05) is 0 Å². The summed E-state index contributed by atoms with van der Waals surface area (Å²) in [6.07, 6.45) is 0. The summed E-state index contributed by atoms with van der Waals surface area (Å²) < 4.78 is 2.27. The number of amides is 1. The smallest absolute Gasteiger partial charge is 0.224 e. The van der Waals surface area contributed by atoms with Crippen LogP contribution in [0.3, 0.4) is 0 Å². The molecule has 0 aliphatic heterocycles. The summed E-state index contributed by atoms with van der Waals surface area (Å²) in [4.78, 5) is 11.1. The van der Waals surface area contributed by atoms with E-state index in [1.807, 2.05) is 6.92 Å². The fraction of sp³-hybridized carbons (Fsp3) is 0.625. The third-order valence-electron chi connectivity index (χ3n) is 2.17. The number of aromatic amines is 1. The Hall–Kier alpha value is -1.17. The number of H-pyrrole nitrogens is 1. The first-order valence-electron chi connectivity index (χ1n) is 4.26. The number of primary amides is 1. The molecule has 6 heteroatoms. The van der Waals surface area contributed by atoms with E-state index in [9.17, 15) is 4.79 Å². The number of hydrogen-bond donors (Lipinski definition) is 2. The van der Waals surface area contributed by atoms with Crippen molar-refractivity contribution in [2.24, 2.45) is 11.1 Å². The van der Waals surface area contributed by atoms with E-state index in [2.05, 4.69) is 10.2 Å². The maximum atomic E-state index is 11.1. The molecule has 0 spiro atoms. The third-order valence-corrected chi connectivity index (χ3v) is 2.48. The van der Waals surface area contributed by atoms with Crippen molar-refractivity contribution in [3.63, 3.8) is 0 Å². The molecule has 0 atom stereocenters. The van der Waals surface area contributed by atoms with Crippen LogP contribution in [0.2, 0.25) is 0 Å². The molecule has 1 heterocycles. The highest BCUT2D eigenvalue weighted by molar-refractivity contribution is 7.71. The van der Waals surface area contributed by atoms with Gasteiger partial charge in [0.2, 0.25) is 5.91 Å². The van der Waals surface area contributed by atoms with Gasteiger partial charge < -0.3 is 10.3 Å². The van der Waals surface area contributed by atoms with Crippen molar-refractivity contribution in [3.05, 3.63) is 10.6 Å². The highest BCUT2D eigenvalue weighted by Crippen LogP contribution is 2.17. The molecule has 0 aromatic carbocycles. The highest BCUT2D eigenvalue weighted by atomic mass is 32.1. The first kappa shape index (κ1) is 10.9. The maximum absolute atomic E-state index is 11.1. The van der Waals surface area contributed by atoms with Crippen LogP contribution in [-0.4, -0.2) is 20.7 Å². The first-order chi connectivity index (χ1) is 6.34. The molecule has 0 radical (unpaired) electrons. The minimum absolute atomic E-state index is 0.347. The number of aromatic nitrogens is 3. The Morgan fingerprint density at radius 2 is 2.29 bits per heavy atom. The molecule has 0 aliphatic rings. The third kappa shape index (κ3) is 2.01. The molecular formula is C8H14N4OS. The summed E-state index contributed by atoms with van der Waals surface area (Å²) in [5, 5.41) is 6.62. The second kappa shape index (κ2) is 3.53. The lowest BCUT2D eigenvalue weighted by atomic mass is 9.93. The zero-order valence-electron chi connectivity index (χ0n) is 8.50.